The molecule has 1 heterocycles. The third kappa shape index (κ3) is 2.14. The lowest BCUT2D eigenvalue weighted by molar-refractivity contribution is 0.513. The van der Waals surface area contributed by atoms with Gasteiger partial charge in [-0.2, -0.15) is 0 Å². The first-order valence-electron chi connectivity index (χ1n) is 6.21. The molecule has 1 aromatic heterocycles. The lowest BCUT2D eigenvalue weighted by Gasteiger charge is -2.01. The summed E-state index contributed by atoms with van der Waals surface area (Å²) in [5.74, 6) is 1.85. The van der Waals surface area contributed by atoms with E-state index in [0.29, 0.717) is 0 Å². The molecule has 0 atom stereocenters. The van der Waals surface area contributed by atoms with Crippen molar-refractivity contribution in [1.82, 2.24) is 5.32 Å². The van der Waals surface area contributed by atoms with E-state index < -0.39 is 0 Å². The van der Waals surface area contributed by atoms with Gasteiger partial charge in [0.25, 0.3) is 0 Å². The van der Waals surface area contributed by atoms with Crippen molar-refractivity contribution in [3.05, 3.63) is 34.0 Å². The first kappa shape index (κ1) is 11.3. The molecule has 1 saturated carbocycles. The van der Waals surface area contributed by atoms with Gasteiger partial charge in [0.1, 0.15) is 11.3 Å². The molecule has 1 aliphatic carbocycles. The molecule has 1 N–H and O–H groups in total. The molecule has 2 aromatic rings. The Hall–Kier alpha value is -0.800. The summed E-state index contributed by atoms with van der Waals surface area (Å²) in [5, 5.41) is 4.64. The van der Waals surface area contributed by atoms with Gasteiger partial charge in [0.05, 0.1) is 6.54 Å². The van der Waals surface area contributed by atoms with Crippen LogP contribution in [0.25, 0.3) is 11.0 Å². The summed E-state index contributed by atoms with van der Waals surface area (Å²) in [4.78, 5) is 0. The molecule has 1 aliphatic rings. The summed E-state index contributed by atoms with van der Waals surface area (Å²) in [6.45, 7) is 3.94. The number of fused-ring (bicyclic) bond motifs is 1. The Morgan fingerprint density at radius 1 is 1.41 bits per heavy atom. The number of halogens is 1. The van der Waals surface area contributed by atoms with Gasteiger partial charge in [0.15, 0.2) is 0 Å². The van der Waals surface area contributed by atoms with Gasteiger partial charge in [-0.15, -0.1) is 0 Å². The molecule has 0 aliphatic heterocycles. The molecule has 0 unspecified atom stereocenters. The molecular weight excluding hydrogens is 278 g/mol. The van der Waals surface area contributed by atoms with Crippen LogP contribution in [0.15, 0.2) is 27.1 Å². The van der Waals surface area contributed by atoms with E-state index in [9.17, 15) is 0 Å². The monoisotopic (exact) mass is 293 g/mol. The van der Waals surface area contributed by atoms with Crippen LogP contribution < -0.4 is 5.32 Å². The van der Waals surface area contributed by atoms with Crippen LogP contribution in [0.5, 0.6) is 0 Å². The SMILES string of the molecule is CCNCc1oc2ccc(Br)cc2c1C1CC1. The van der Waals surface area contributed by atoms with Crippen LogP contribution in [0.3, 0.4) is 0 Å². The topological polar surface area (TPSA) is 25.2 Å². The third-order valence-corrected chi connectivity index (χ3v) is 3.78. The molecule has 1 aromatic carbocycles. The second-order valence-corrected chi connectivity index (χ2v) is 5.55. The van der Waals surface area contributed by atoms with Crippen molar-refractivity contribution in [2.75, 3.05) is 6.54 Å². The van der Waals surface area contributed by atoms with E-state index in [4.69, 9.17) is 4.42 Å². The van der Waals surface area contributed by atoms with Crippen LogP contribution in [-0.4, -0.2) is 6.54 Å². The zero-order valence-corrected chi connectivity index (χ0v) is 11.5. The van der Waals surface area contributed by atoms with Crippen molar-refractivity contribution in [1.29, 1.82) is 0 Å². The minimum atomic E-state index is 0.721. The number of nitrogens with one attached hydrogen (secondary N) is 1. The Morgan fingerprint density at radius 2 is 2.24 bits per heavy atom. The van der Waals surface area contributed by atoms with Crippen molar-refractivity contribution >= 4 is 26.9 Å². The average Bonchev–Trinajstić information content (AvgIpc) is 3.08. The van der Waals surface area contributed by atoms with Crippen molar-refractivity contribution < 1.29 is 4.42 Å². The Balaban J connectivity index is 2.10. The fraction of sp³-hybridized carbons (Fsp3) is 0.429. The number of benzene rings is 1. The molecule has 0 amide bonds. The molecule has 0 spiro atoms. The number of hydrogen-bond donors (Lipinski definition) is 1. The van der Waals surface area contributed by atoms with Crippen LogP contribution in [0.2, 0.25) is 0 Å². The first-order chi connectivity index (χ1) is 8.29. The van der Waals surface area contributed by atoms with Crippen LogP contribution >= 0.6 is 15.9 Å². The van der Waals surface area contributed by atoms with Gasteiger partial charge >= 0.3 is 0 Å². The highest BCUT2D eigenvalue weighted by Crippen LogP contribution is 2.46. The molecule has 0 bridgehead atoms. The summed E-state index contributed by atoms with van der Waals surface area (Å²) in [6.07, 6.45) is 2.61. The standard InChI is InChI=1S/C14H16BrNO/c1-2-16-8-13-14(9-3-4-9)11-7-10(15)5-6-12(11)17-13/h5-7,9,16H,2-4,8H2,1H3. The zero-order chi connectivity index (χ0) is 11.8. The van der Waals surface area contributed by atoms with Gasteiger partial charge in [-0.1, -0.05) is 22.9 Å². The molecule has 3 heteroatoms. The molecule has 3 rings (SSSR count). The second kappa shape index (κ2) is 4.46. The predicted octanol–water partition coefficient (Wildman–Crippen LogP) is 4.18. The maximum Gasteiger partial charge on any atom is 0.134 e. The van der Waals surface area contributed by atoms with Crippen molar-refractivity contribution in [2.24, 2.45) is 0 Å². The fourth-order valence-electron chi connectivity index (χ4n) is 2.33. The Morgan fingerprint density at radius 3 is 2.94 bits per heavy atom. The van der Waals surface area contributed by atoms with Gasteiger partial charge in [0, 0.05) is 15.4 Å². The molecule has 90 valence electrons. The molecular formula is C14H16BrNO. The maximum absolute atomic E-state index is 5.97. The summed E-state index contributed by atoms with van der Waals surface area (Å²) >= 11 is 3.54. The van der Waals surface area contributed by atoms with Crippen molar-refractivity contribution in [3.8, 4) is 0 Å². The predicted molar refractivity (Wildman–Crippen MR) is 73.3 cm³/mol. The van der Waals surface area contributed by atoms with Gasteiger partial charge in [0.2, 0.25) is 0 Å². The summed E-state index contributed by atoms with van der Waals surface area (Å²) in [6, 6.07) is 6.28. The Kier molecular flexibility index (Phi) is 2.97. The van der Waals surface area contributed by atoms with E-state index in [1.807, 2.05) is 6.07 Å². The summed E-state index contributed by atoms with van der Waals surface area (Å²) < 4.78 is 7.10. The highest BCUT2D eigenvalue weighted by molar-refractivity contribution is 9.10. The van der Waals surface area contributed by atoms with E-state index in [2.05, 4.69) is 40.3 Å². The Bertz CT molecular complexity index is 542. The smallest absolute Gasteiger partial charge is 0.134 e. The summed E-state index contributed by atoms with van der Waals surface area (Å²) in [5.41, 5.74) is 2.45. The van der Waals surface area contributed by atoms with Gasteiger partial charge in [-0.3, -0.25) is 0 Å². The highest BCUT2D eigenvalue weighted by Gasteiger charge is 2.30. The van der Waals surface area contributed by atoms with E-state index in [1.165, 1.54) is 23.8 Å². The zero-order valence-electron chi connectivity index (χ0n) is 9.92. The lowest BCUT2D eigenvalue weighted by Crippen LogP contribution is -2.12. The number of rotatable bonds is 4. The largest absolute Gasteiger partial charge is 0.459 e. The minimum absolute atomic E-state index is 0.721. The lowest BCUT2D eigenvalue weighted by atomic mass is 10.1. The van der Waals surface area contributed by atoms with Crippen LogP contribution in [-0.2, 0) is 6.54 Å². The molecule has 0 saturated heterocycles. The maximum atomic E-state index is 5.97. The van der Waals surface area contributed by atoms with Gasteiger partial charge < -0.3 is 9.73 Å². The van der Waals surface area contributed by atoms with Crippen molar-refractivity contribution in [2.45, 2.75) is 32.2 Å². The van der Waals surface area contributed by atoms with E-state index in [-0.39, 0.29) is 0 Å². The molecule has 0 radical (unpaired) electrons. The Labute approximate surface area is 110 Å². The van der Waals surface area contributed by atoms with Gasteiger partial charge in [-0.05, 0) is 43.5 Å². The molecule has 2 nitrogen and oxygen atoms in total. The average molecular weight is 294 g/mol. The van der Waals surface area contributed by atoms with Crippen LogP contribution in [0.4, 0.5) is 0 Å². The molecule has 17 heavy (non-hydrogen) atoms. The third-order valence-electron chi connectivity index (χ3n) is 3.29. The summed E-state index contributed by atoms with van der Waals surface area (Å²) in [7, 11) is 0. The van der Waals surface area contributed by atoms with Gasteiger partial charge in [-0.25, -0.2) is 0 Å². The number of furan rings is 1. The normalized spacial score (nSPS) is 15.6. The van der Waals surface area contributed by atoms with Crippen LogP contribution in [0.1, 0.15) is 37.0 Å². The minimum Gasteiger partial charge on any atom is -0.459 e. The second-order valence-electron chi connectivity index (χ2n) is 4.63. The quantitative estimate of drug-likeness (QED) is 0.915. The van der Waals surface area contributed by atoms with E-state index in [1.54, 1.807) is 0 Å². The molecule has 1 fully saturated rings. The highest BCUT2D eigenvalue weighted by atomic mass is 79.9. The van der Waals surface area contributed by atoms with E-state index in [0.717, 1.165) is 34.8 Å². The van der Waals surface area contributed by atoms with Crippen LogP contribution in [0, 0.1) is 0 Å². The number of hydrogen-bond acceptors (Lipinski definition) is 2. The first-order valence-corrected chi connectivity index (χ1v) is 7.00. The van der Waals surface area contributed by atoms with Crippen molar-refractivity contribution in [3.63, 3.8) is 0 Å². The van der Waals surface area contributed by atoms with E-state index >= 15 is 0 Å². The fourth-order valence-corrected chi connectivity index (χ4v) is 2.69.